The number of rotatable bonds is 2. The van der Waals surface area contributed by atoms with Crippen molar-refractivity contribution in [3.05, 3.63) is 23.9 Å². The predicted molar refractivity (Wildman–Crippen MR) is 96.9 cm³/mol. The molecule has 0 aliphatic carbocycles. The van der Waals surface area contributed by atoms with Crippen molar-refractivity contribution in [3.8, 4) is 5.75 Å². The number of ether oxygens (including phenoxy) is 1. The lowest BCUT2D eigenvalue weighted by Gasteiger charge is -2.40. The third-order valence-electron chi connectivity index (χ3n) is 5.65. The van der Waals surface area contributed by atoms with Gasteiger partial charge in [0.1, 0.15) is 5.75 Å². The number of aromatic amines is 1. The van der Waals surface area contributed by atoms with E-state index < -0.39 is 0 Å². The Balaban J connectivity index is 1.71. The van der Waals surface area contributed by atoms with E-state index in [1.165, 1.54) is 0 Å². The summed E-state index contributed by atoms with van der Waals surface area (Å²) >= 11 is 0. The topological polar surface area (TPSA) is 61.5 Å². The number of nitrogens with zero attached hydrogens (tertiary/aromatic N) is 3. The maximum atomic E-state index is 13.4. The van der Waals surface area contributed by atoms with E-state index in [4.69, 9.17) is 4.74 Å². The summed E-state index contributed by atoms with van der Waals surface area (Å²) in [6.07, 6.45) is 2.08. The molecule has 1 amide bonds. The van der Waals surface area contributed by atoms with E-state index in [-0.39, 0.29) is 18.0 Å². The van der Waals surface area contributed by atoms with Crippen LogP contribution >= 0.6 is 0 Å². The summed E-state index contributed by atoms with van der Waals surface area (Å²) in [7, 11) is 1.64. The average molecular weight is 342 g/mol. The van der Waals surface area contributed by atoms with Gasteiger partial charge in [0.05, 0.1) is 12.6 Å². The highest BCUT2D eigenvalue weighted by Gasteiger charge is 2.38. The Labute approximate surface area is 148 Å². The average Bonchev–Trinajstić information content (AvgIpc) is 2.97. The van der Waals surface area contributed by atoms with Crippen molar-refractivity contribution < 1.29 is 9.53 Å². The van der Waals surface area contributed by atoms with E-state index in [1.54, 1.807) is 7.11 Å². The number of H-pyrrole nitrogens is 1. The molecule has 0 radical (unpaired) electrons. The quantitative estimate of drug-likeness (QED) is 0.911. The van der Waals surface area contributed by atoms with E-state index in [0.29, 0.717) is 11.6 Å². The van der Waals surface area contributed by atoms with Crippen LogP contribution in [0.1, 0.15) is 37.2 Å². The molecule has 0 saturated carbocycles. The zero-order chi connectivity index (χ0) is 17.6. The molecular formula is C19H26N4O2. The van der Waals surface area contributed by atoms with Crippen molar-refractivity contribution in [1.82, 2.24) is 20.0 Å². The van der Waals surface area contributed by atoms with Crippen LogP contribution in [0.4, 0.5) is 0 Å². The summed E-state index contributed by atoms with van der Waals surface area (Å²) in [5.41, 5.74) is 1.37. The molecule has 0 spiro atoms. The molecule has 3 heterocycles. The molecule has 1 aromatic heterocycles. The summed E-state index contributed by atoms with van der Waals surface area (Å²) in [5.74, 6) is 1.40. The number of nitrogens with one attached hydrogen (secondary N) is 1. The number of methoxy groups -OCH3 is 1. The van der Waals surface area contributed by atoms with E-state index in [1.807, 2.05) is 18.2 Å². The normalized spacial score (nSPS) is 29.5. The highest BCUT2D eigenvalue weighted by molar-refractivity contribution is 6.05. The number of piperidine rings is 1. The summed E-state index contributed by atoms with van der Waals surface area (Å²) in [6, 6.07) is 6.18. The fraction of sp³-hybridized carbons (Fsp3) is 0.579. The lowest BCUT2D eigenvalue weighted by atomic mass is 9.95. The molecule has 2 fully saturated rings. The Bertz CT molecular complexity index is 787. The van der Waals surface area contributed by atoms with Crippen LogP contribution in [0.2, 0.25) is 0 Å². The Morgan fingerprint density at radius 3 is 2.96 bits per heavy atom. The monoisotopic (exact) mass is 342 g/mol. The number of fused-ring (bicyclic) bond motifs is 3. The minimum Gasteiger partial charge on any atom is -0.497 e. The molecule has 6 nitrogen and oxygen atoms in total. The fourth-order valence-electron chi connectivity index (χ4n) is 4.45. The highest BCUT2D eigenvalue weighted by Crippen LogP contribution is 2.30. The van der Waals surface area contributed by atoms with Crippen LogP contribution in [0.25, 0.3) is 10.9 Å². The second kappa shape index (κ2) is 6.33. The van der Waals surface area contributed by atoms with E-state index in [9.17, 15) is 4.79 Å². The van der Waals surface area contributed by atoms with Gasteiger partial charge in [-0.1, -0.05) is 6.92 Å². The lowest BCUT2D eigenvalue weighted by molar-refractivity contribution is 0.0487. The molecule has 4 atom stereocenters. The number of hydrogen-bond acceptors (Lipinski definition) is 4. The van der Waals surface area contributed by atoms with Gasteiger partial charge in [0, 0.05) is 37.1 Å². The highest BCUT2D eigenvalue weighted by atomic mass is 16.5. The van der Waals surface area contributed by atoms with Gasteiger partial charge in [-0.3, -0.25) is 9.89 Å². The molecule has 6 heteroatoms. The number of benzene rings is 1. The molecule has 2 bridgehead atoms. The predicted octanol–water partition coefficient (Wildman–Crippen LogP) is 2.52. The third kappa shape index (κ3) is 2.88. The zero-order valence-corrected chi connectivity index (χ0v) is 15.2. The van der Waals surface area contributed by atoms with Crippen molar-refractivity contribution in [2.75, 3.05) is 26.7 Å². The van der Waals surface area contributed by atoms with Crippen LogP contribution in [0, 0.1) is 5.92 Å². The Morgan fingerprint density at radius 2 is 2.16 bits per heavy atom. The Kier molecular flexibility index (Phi) is 4.15. The second-order valence-corrected chi connectivity index (χ2v) is 7.59. The first kappa shape index (κ1) is 16.4. The minimum absolute atomic E-state index is 0.0351. The molecule has 2 aliphatic rings. The maximum Gasteiger partial charge on any atom is 0.275 e. The first-order valence-corrected chi connectivity index (χ1v) is 9.14. The van der Waals surface area contributed by atoms with Gasteiger partial charge >= 0.3 is 0 Å². The summed E-state index contributed by atoms with van der Waals surface area (Å²) in [4.78, 5) is 18.0. The summed E-state index contributed by atoms with van der Waals surface area (Å²) in [6.45, 7) is 7.65. The van der Waals surface area contributed by atoms with Crippen molar-refractivity contribution in [1.29, 1.82) is 0 Å². The molecule has 4 rings (SSSR count). The number of aromatic nitrogens is 2. The van der Waals surface area contributed by atoms with Gasteiger partial charge in [-0.25, -0.2) is 0 Å². The van der Waals surface area contributed by atoms with Crippen molar-refractivity contribution in [3.63, 3.8) is 0 Å². The van der Waals surface area contributed by atoms with E-state index >= 15 is 0 Å². The maximum absolute atomic E-state index is 13.4. The Morgan fingerprint density at radius 1 is 1.32 bits per heavy atom. The molecule has 134 valence electrons. The number of hydrogen-bond donors (Lipinski definition) is 1. The first-order valence-electron chi connectivity index (χ1n) is 9.14. The van der Waals surface area contributed by atoms with E-state index in [2.05, 4.69) is 33.8 Å². The van der Waals surface area contributed by atoms with Crippen LogP contribution in [0.15, 0.2) is 18.2 Å². The largest absolute Gasteiger partial charge is 0.497 e. The third-order valence-corrected chi connectivity index (χ3v) is 5.65. The van der Waals surface area contributed by atoms with Gasteiger partial charge < -0.3 is 14.5 Å². The zero-order valence-electron chi connectivity index (χ0n) is 15.2. The molecule has 1 N–H and O–H groups in total. The van der Waals surface area contributed by atoms with Crippen molar-refractivity contribution in [2.24, 2.45) is 5.92 Å². The molecule has 2 aromatic rings. The van der Waals surface area contributed by atoms with Crippen LogP contribution in [-0.2, 0) is 0 Å². The van der Waals surface area contributed by atoms with Crippen LogP contribution in [0.3, 0.4) is 0 Å². The molecule has 1 aromatic carbocycles. The summed E-state index contributed by atoms with van der Waals surface area (Å²) in [5, 5.41) is 8.18. The van der Waals surface area contributed by atoms with Crippen LogP contribution < -0.4 is 4.74 Å². The van der Waals surface area contributed by atoms with E-state index in [0.717, 1.165) is 49.1 Å². The van der Waals surface area contributed by atoms with Gasteiger partial charge in [-0.15, -0.1) is 0 Å². The number of carbonyl (C=O) groups excluding carboxylic acids is 1. The SMILES string of the molecule is COc1ccc2[nH]nc(C(=O)N3C(C)CCN4CC(C)CC3C4)c2c1. The fourth-order valence-corrected chi connectivity index (χ4v) is 4.45. The summed E-state index contributed by atoms with van der Waals surface area (Å²) < 4.78 is 5.32. The van der Waals surface area contributed by atoms with Crippen molar-refractivity contribution in [2.45, 2.75) is 38.8 Å². The Hall–Kier alpha value is -2.08. The smallest absolute Gasteiger partial charge is 0.275 e. The van der Waals surface area contributed by atoms with Crippen LogP contribution in [-0.4, -0.2) is 64.7 Å². The minimum atomic E-state index is 0.0351. The molecular weight excluding hydrogens is 316 g/mol. The van der Waals surface area contributed by atoms with Gasteiger partial charge in [-0.05, 0) is 43.9 Å². The first-order chi connectivity index (χ1) is 12.1. The van der Waals surface area contributed by atoms with Gasteiger partial charge in [0.25, 0.3) is 5.91 Å². The molecule has 4 unspecified atom stereocenters. The second-order valence-electron chi connectivity index (χ2n) is 7.59. The molecule has 2 saturated heterocycles. The van der Waals surface area contributed by atoms with Gasteiger partial charge in [0.15, 0.2) is 5.69 Å². The van der Waals surface area contributed by atoms with Crippen molar-refractivity contribution >= 4 is 16.8 Å². The lowest BCUT2D eigenvalue weighted by Crippen LogP contribution is -2.51. The van der Waals surface area contributed by atoms with Gasteiger partial charge in [0.2, 0.25) is 0 Å². The molecule has 2 aliphatic heterocycles. The van der Waals surface area contributed by atoms with Gasteiger partial charge in [-0.2, -0.15) is 5.10 Å². The number of carbonyl (C=O) groups is 1. The standard InChI is InChI=1S/C19H26N4O2/c1-12-8-14-11-22(10-12)7-6-13(2)23(14)19(24)18-16-9-15(25-3)4-5-17(16)20-21-18/h4-5,9,12-14H,6-8,10-11H2,1-3H3,(H,20,21). The van der Waals surface area contributed by atoms with Crippen LogP contribution in [0.5, 0.6) is 5.75 Å². The molecule has 25 heavy (non-hydrogen) atoms. The number of amides is 1.